The molecular formula is C117H176O14. The van der Waals surface area contributed by atoms with E-state index in [1.54, 1.807) is 0 Å². The van der Waals surface area contributed by atoms with Crippen molar-refractivity contribution in [2.45, 2.75) is 340 Å². The molecule has 0 aromatic rings. The molecule has 0 aromatic heterocycles. The highest BCUT2D eigenvalue weighted by Crippen LogP contribution is 2.79. The molecule has 0 amide bonds. The number of ether oxygens (including phenoxy) is 7. The fourth-order valence-electron chi connectivity index (χ4n) is 45.8. The largest absolute Gasteiger partial charge is 0.463 e. The monoisotopic (exact) mass is 1810 g/mol. The van der Waals surface area contributed by atoms with Crippen molar-refractivity contribution in [2.75, 3.05) is 13.2 Å². The smallest absolute Gasteiger partial charge is 0.347 e. The van der Waals surface area contributed by atoms with Gasteiger partial charge >= 0.3 is 35.8 Å². The van der Waals surface area contributed by atoms with E-state index in [1.165, 1.54) is 109 Å². The molecule has 728 valence electrons. The summed E-state index contributed by atoms with van der Waals surface area (Å²) in [5, 5.41) is 10.0. The fourth-order valence-corrected chi connectivity index (χ4v) is 45.8. The van der Waals surface area contributed by atoms with E-state index in [0.717, 1.165) is 325 Å². The van der Waals surface area contributed by atoms with E-state index in [9.17, 15) is 33.9 Å². The van der Waals surface area contributed by atoms with Gasteiger partial charge < -0.3 is 38.3 Å². The molecule has 2 saturated heterocycles. The number of aliphatic hydroxyl groups excluding tert-OH is 1. The van der Waals surface area contributed by atoms with Crippen molar-refractivity contribution < 1.29 is 67.0 Å². The summed E-state index contributed by atoms with van der Waals surface area (Å²) in [5.74, 6) is 45.3. The van der Waals surface area contributed by atoms with Gasteiger partial charge in [0.15, 0.2) is 0 Å². The first-order chi connectivity index (χ1) is 62.4. The van der Waals surface area contributed by atoms with Crippen molar-refractivity contribution in [1.29, 1.82) is 0 Å². The van der Waals surface area contributed by atoms with Crippen LogP contribution in [0.1, 0.15) is 305 Å². The molecule has 0 radical (unpaired) electrons. The number of aliphatic hydroxyl groups is 1. The molecule has 30 rings (SSSR count). The van der Waals surface area contributed by atoms with Crippen LogP contribution < -0.4 is 0 Å². The number of hydrogen-bond donors (Lipinski definition) is 1. The summed E-state index contributed by atoms with van der Waals surface area (Å²) in [6.45, 7) is 45.0. The zero-order chi connectivity index (χ0) is 91.1. The second-order valence-corrected chi connectivity index (χ2v) is 56.7. The Hall–Kier alpha value is -3.26. The number of esters is 6. The molecule has 2 aliphatic heterocycles. The van der Waals surface area contributed by atoms with E-state index in [1.807, 2.05) is 41.5 Å². The van der Waals surface area contributed by atoms with Crippen molar-refractivity contribution >= 4 is 35.8 Å². The molecule has 14 heteroatoms. The second kappa shape index (κ2) is 32.4. The summed E-state index contributed by atoms with van der Waals surface area (Å²) in [7, 11) is 0. The maximum Gasteiger partial charge on any atom is 0.347 e. The lowest BCUT2D eigenvalue weighted by molar-refractivity contribution is -0.209. The summed E-state index contributed by atoms with van der Waals surface area (Å²) in [5.41, 5.74) is -0.814. The van der Waals surface area contributed by atoms with Crippen LogP contribution in [-0.2, 0) is 61.9 Å². The molecule has 56 atom stereocenters. The Bertz CT molecular complexity index is 4260. The number of carbonyl (C=O) groups excluding carboxylic acids is 6. The van der Waals surface area contributed by atoms with E-state index in [0.29, 0.717) is 60.4 Å². The molecule has 131 heavy (non-hydrogen) atoms. The van der Waals surface area contributed by atoms with E-state index in [2.05, 4.69) is 90.0 Å². The van der Waals surface area contributed by atoms with Gasteiger partial charge in [0, 0.05) is 12.8 Å². The number of cyclic esters (lactones) is 1. The zero-order valence-electron chi connectivity index (χ0n) is 84.4. The van der Waals surface area contributed by atoms with Crippen LogP contribution in [0.25, 0.3) is 0 Å². The first kappa shape index (κ1) is 90.3. The lowest BCUT2D eigenvalue weighted by Gasteiger charge is -2.59. The Morgan fingerprint density at radius 2 is 0.588 bits per heavy atom. The van der Waals surface area contributed by atoms with Gasteiger partial charge in [-0.3, -0.25) is 24.0 Å². The lowest BCUT2D eigenvalue weighted by atomic mass is 9.50. The molecule has 30 aliphatic rings. The maximum absolute atomic E-state index is 13.6. The molecule has 14 nitrogen and oxygen atoms in total. The Balaban J connectivity index is 0.0000000876. The van der Waals surface area contributed by atoms with Gasteiger partial charge in [0.05, 0.1) is 48.9 Å². The average molecular weight is 1810 g/mol. The first-order valence-electron chi connectivity index (χ1n) is 56.9. The van der Waals surface area contributed by atoms with Crippen LogP contribution in [0, 0.1) is 337 Å². The molecule has 30 fully saturated rings. The van der Waals surface area contributed by atoms with Crippen molar-refractivity contribution in [1.82, 2.24) is 0 Å². The minimum absolute atomic E-state index is 0.0384. The molecule has 28 bridgehead atoms. The molecule has 28 aliphatic carbocycles. The summed E-state index contributed by atoms with van der Waals surface area (Å²) < 4.78 is 39.8. The predicted octanol–water partition coefficient (Wildman–Crippen LogP) is 22.9. The quantitative estimate of drug-likeness (QED) is 0.137. The van der Waals surface area contributed by atoms with Crippen LogP contribution in [-0.4, -0.2) is 89.4 Å². The zero-order valence-corrected chi connectivity index (χ0v) is 84.4. The van der Waals surface area contributed by atoms with Crippen molar-refractivity contribution in [2.24, 2.45) is 337 Å². The first-order valence-corrected chi connectivity index (χ1v) is 56.9. The van der Waals surface area contributed by atoms with Crippen LogP contribution in [0.2, 0.25) is 0 Å². The van der Waals surface area contributed by atoms with E-state index < -0.39 is 6.10 Å². The summed E-state index contributed by atoms with van der Waals surface area (Å²) in [4.78, 5) is 75.6. The number of fused-ring (bicyclic) bond motifs is 54. The highest BCUT2D eigenvalue weighted by molar-refractivity contribution is 5.82. The van der Waals surface area contributed by atoms with Gasteiger partial charge in [-0.25, -0.2) is 4.79 Å². The lowest BCUT2D eigenvalue weighted by Crippen LogP contribution is -2.58. The standard InChI is InChI=1S/C26H38O2.C20H30O3.C19H26O4.2C19H30O2.C14H22O/c1-12-13(2)20-11-19(12)23-16-9-21(24(20)23)22(10-16)25(27)28-26(3)17-5-14-4-15(7-17)8-18(26)6-14;1-10-11(2)14-9-13(10)18-12-7-15(19(14)18)16(8-12)20(21)23-17-5-3-4-6-22-17;1-8-9(2)12-7-11(8)16-10-5-13(17(12)16)14(6-10)18(20)23-15-3-4-22-19(15)21;2*1-9-10(2)13-8-12(9)16-11-6-14(17(13)16)15(7-11)18(20)21-19(3,4)5;1-6-7(2)10-5-9(6)13-8-3-11(14(10)13)12(15)4-8/h12-24H,4-11H2,1-3H3;10-19H,3-9H2,1-2H3;8-17H,3-7H2,1-2H3;2*9-17H,6-8H2,1-5H3;6-15H,3-5H2,1-2H3. The van der Waals surface area contributed by atoms with E-state index >= 15 is 0 Å². The Morgan fingerprint density at radius 1 is 0.305 bits per heavy atom. The van der Waals surface area contributed by atoms with Gasteiger partial charge in [0.25, 0.3) is 0 Å². The minimum Gasteiger partial charge on any atom is -0.463 e. The summed E-state index contributed by atoms with van der Waals surface area (Å²) >= 11 is 0. The van der Waals surface area contributed by atoms with E-state index in [4.69, 9.17) is 33.2 Å². The molecule has 56 unspecified atom stereocenters. The molecule has 0 aromatic carbocycles. The van der Waals surface area contributed by atoms with E-state index in [-0.39, 0.29) is 94.6 Å². The van der Waals surface area contributed by atoms with Crippen LogP contribution in [0.5, 0.6) is 0 Å². The summed E-state index contributed by atoms with van der Waals surface area (Å²) in [6, 6.07) is 0. The van der Waals surface area contributed by atoms with Crippen LogP contribution in [0.15, 0.2) is 0 Å². The number of rotatable bonds is 8. The SMILES string of the molecule is CC1C(C)C2CC1C1C3CC(C(=O)OC(C)(C)C)C(C3)C21.CC1C(C)C2CC1C1C3CC(C(=O)OC(C)(C)C)C(C3)C21.CC1C(C)C2CC1C1C3CC(C(=O)OC4(C)C5CC6CC(C5)CC4C6)C(C3)C21.CC1C(C)C2CC1C1C3CC(C(=O)OC4CCCCO4)C(C3)C21.CC1C(C)C2CC1C1C3CC(C(=O)OC4CCOC4=O)C(C3)C21.CC1C(C)C2CC1C1C3CC(O)C(C3)C21. The third-order valence-electron chi connectivity index (χ3n) is 51.0. The third-order valence-corrected chi connectivity index (χ3v) is 51.0. The molecule has 1 N–H and O–H groups in total. The molecule has 2 heterocycles. The number of hydrogen-bond acceptors (Lipinski definition) is 14. The normalized spacial score (nSPS) is 59.1. The van der Waals surface area contributed by atoms with Crippen molar-refractivity contribution in [3.05, 3.63) is 0 Å². The Kier molecular flexibility index (Phi) is 22.3. The fraction of sp³-hybridized carbons (Fsp3) is 0.949. The van der Waals surface area contributed by atoms with Gasteiger partial charge in [-0.05, 0) is 517 Å². The molecular weight excluding hydrogens is 1630 g/mol. The topological polar surface area (TPSA) is 187 Å². The predicted molar refractivity (Wildman–Crippen MR) is 501 cm³/mol. The van der Waals surface area contributed by atoms with Crippen LogP contribution >= 0.6 is 0 Å². The van der Waals surface area contributed by atoms with Crippen LogP contribution in [0.4, 0.5) is 0 Å². The van der Waals surface area contributed by atoms with Crippen molar-refractivity contribution in [3.8, 4) is 0 Å². The van der Waals surface area contributed by atoms with Crippen LogP contribution in [0.3, 0.4) is 0 Å². The molecule has 28 saturated carbocycles. The van der Waals surface area contributed by atoms with Gasteiger partial charge in [0.1, 0.15) is 16.8 Å². The second-order valence-electron chi connectivity index (χ2n) is 56.7. The van der Waals surface area contributed by atoms with Gasteiger partial charge in [-0.1, -0.05) is 83.1 Å². The Morgan fingerprint density at radius 3 is 0.885 bits per heavy atom. The average Bonchev–Trinajstić information content (AvgIpc) is 1.43. The van der Waals surface area contributed by atoms with Crippen molar-refractivity contribution in [3.63, 3.8) is 0 Å². The minimum atomic E-state index is -0.642. The van der Waals surface area contributed by atoms with Gasteiger partial charge in [-0.2, -0.15) is 0 Å². The van der Waals surface area contributed by atoms with Gasteiger partial charge in [-0.15, -0.1) is 0 Å². The highest BCUT2D eigenvalue weighted by atomic mass is 16.7. The summed E-state index contributed by atoms with van der Waals surface area (Å²) in [6.07, 6.45) is 32.8. The Labute approximate surface area is 788 Å². The number of carbonyl (C=O) groups is 6. The maximum atomic E-state index is 13.6. The third kappa shape index (κ3) is 13.8. The van der Waals surface area contributed by atoms with Gasteiger partial charge in [0.2, 0.25) is 12.4 Å². The molecule has 0 spiro atoms. The highest BCUT2D eigenvalue weighted by Gasteiger charge is 2.75.